The number of hydrogen-bond donors (Lipinski definition) is 2. The van der Waals surface area contributed by atoms with Crippen LogP contribution in [0, 0.1) is 6.92 Å². The lowest BCUT2D eigenvalue weighted by molar-refractivity contribution is 0.647. The highest BCUT2D eigenvalue weighted by atomic mass is 32.1. The molecule has 0 amide bonds. The van der Waals surface area contributed by atoms with Crippen LogP contribution in [0.3, 0.4) is 0 Å². The van der Waals surface area contributed by atoms with Gasteiger partial charge in [-0.25, -0.2) is 5.43 Å². The second kappa shape index (κ2) is 5.09. The minimum Gasteiger partial charge on any atom is -0.271 e. The Morgan fingerprint density at radius 1 is 1.21 bits per heavy atom. The van der Waals surface area contributed by atoms with Gasteiger partial charge in [0.15, 0.2) is 0 Å². The summed E-state index contributed by atoms with van der Waals surface area (Å²) in [4.78, 5) is 5.73. The first-order chi connectivity index (χ1) is 9.28. The number of aromatic nitrogens is 1. The Kier molecular flexibility index (Phi) is 3.29. The molecule has 2 heterocycles. The first-order valence-electron chi connectivity index (χ1n) is 6.15. The molecule has 0 saturated heterocycles. The minimum absolute atomic E-state index is 0.0331. The minimum atomic E-state index is 0.0331. The Morgan fingerprint density at radius 3 is 2.84 bits per heavy atom. The molecule has 0 aliphatic rings. The van der Waals surface area contributed by atoms with Crippen LogP contribution in [0.15, 0.2) is 47.8 Å². The highest BCUT2D eigenvalue weighted by Gasteiger charge is 2.13. The Hall–Kier alpha value is -1.75. The van der Waals surface area contributed by atoms with Crippen molar-refractivity contribution in [3.63, 3.8) is 0 Å². The van der Waals surface area contributed by atoms with Gasteiger partial charge in [0.2, 0.25) is 0 Å². The number of hydrogen-bond acceptors (Lipinski definition) is 4. The van der Waals surface area contributed by atoms with Gasteiger partial charge in [-0.3, -0.25) is 10.8 Å². The lowest BCUT2D eigenvalue weighted by Gasteiger charge is -2.15. The molecule has 96 valence electrons. The van der Waals surface area contributed by atoms with Crippen molar-refractivity contribution in [3.05, 3.63) is 64.0 Å². The largest absolute Gasteiger partial charge is 0.271 e. The van der Waals surface area contributed by atoms with Gasteiger partial charge in [-0.15, -0.1) is 11.3 Å². The van der Waals surface area contributed by atoms with Crippen molar-refractivity contribution < 1.29 is 0 Å². The maximum atomic E-state index is 5.71. The molecule has 4 heteroatoms. The normalized spacial score (nSPS) is 12.7. The van der Waals surface area contributed by atoms with Crippen molar-refractivity contribution in [2.45, 2.75) is 13.0 Å². The molecule has 19 heavy (non-hydrogen) atoms. The van der Waals surface area contributed by atoms with Gasteiger partial charge in [-0.05, 0) is 42.1 Å². The van der Waals surface area contributed by atoms with Crippen molar-refractivity contribution in [3.8, 4) is 0 Å². The molecule has 0 radical (unpaired) electrons. The summed E-state index contributed by atoms with van der Waals surface area (Å²) in [6.45, 7) is 2.00. The van der Waals surface area contributed by atoms with Crippen LogP contribution >= 0.6 is 11.3 Å². The molecule has 0 aliphatic heterocycles. The number of thiophene rings is 1. The first kappa shape index (κ1) is 12.3. The van der Waals surface area contributed by atoms with E-state index in [9.17, 15) is 0 Å². The summed E-state index contributed by atoms with van der Waals surface area (Å²) in [6.07, 6.45) is 0. The highest BCUT2D eigenvalue weighted by molar-refractivity contribution is 7.10. The van der Waals surface area contributed by atoms with Crippen molar-refractivity contribution in [1.82, 2.24) is 10.4 Å². The lowest BCUT2D eigenvalue weighted by atomic mass is 10.0. The van der Waals surface area contributed by atoms with Gasteiger partial charge in [0.1, 0.15) is 0 Å². The van der Waals surface area contributed by atoms with E-state index in [0.717, 1.165) is 22.2 Å². The summed E-state index contributed by atoms with van der Waals surface area (Å²) >= 11 is 1.70. The van der Waals surface area contributed by atoms with E-state index >= 15 is 0 Å². The third-order valence-electron chi connectivity index (χ3n) is 3.18. The molecule has 0 spiro atoms. The fourth-order valence-electron chi connectivity index (χ4n) is 2.22. The third kappa shape index (κ3) is 2.38. The molecule has 3 N–H and O–H groups in total. The van der Waals surface area contributed by atoms with E-state index in [1.165, 1.54) is 4.88 Å². The van der Waals surface area contributed by atoms with Crippen LogP contribution in [0.1, 0.15) is 22.2 Å². The number of benzene rings is 1. The number of nitrogens with two attached hydrogens (primary N) is 1. The predicted molar refractivity (Wildman–Crippen MR) is 80.0 cm³/mol. The summed E-state index contributed by atoms with van der Waals surface area (Å²) in [6, 6.07) is 14.6. The summed E-state index contributed by atoms with van der Waals surface area (Å²) in [5.41, 5.74) is 6.10. The molecule has 0 bridgehead atoms. The number of aryl methyl sites for hydroxylation is 1. The van der Waals surface area contributed by atoms with Gasteiger partial charge in [-0.2, -0.15) is 0 Å². The first-order valence-corrected chi connectivity index (χ1v) is 7.03. The number of nitrogens with one attached hydrogen (secondary N) is 1. The van der Waals surface area contributed by atoms with Crippen LogP contribution in [0.4, 0.5) is 0 Å². The molecule has 0 saturated carbocycles. The van der Waals surface area contributed by atoms with Crippen LogP contribution < -0.4 is 11.3 Å². The molecule has 0 fully saturated rings. The van der Waals surface area contributed by atoms with E-state index in [4.69, 9.17) is 5.84 Å². The van der Waals surface area contributed by atoms with Crippen LogP contribution in [-0.4, -0.2) is 4.98 Å². The molecule has 1 aromatic carbocycles. The van der Waals surface area contributed by atoms with Gasteiger partial charge in [-0.1, -0.05) is 18.2 Å². The standard InChI is InChI=1S/C15H15N3S/c1-10-4-5-11-9-12(6-7-13(11)17-10)15(18-16)14-3-2-8-19-14/h2-9,15,18H,16H2,1H3. The zero-order chi connectivity index (χ0) is 13.2. The van der Waals surface area contributed by atoms with E-state index in [2.05, 4.69) is 46.1 Å². The molecule has 3 rings (SSSR count). The fourth-order valence-corrected chi connectivity index (χ4v) is 3.04. The third-order valence-corrected chi connectivity index (χ3v) is 4.12. The van der Waals surface area contributed by atoms with Crippen LogP contribution in [0.2, 0.25) is 0 Å². The molecular weight excluding hydrogens is 254 g/mol. The zero-order valence-electron chi connectivity index (χ0n) is 10.6. The average Bonchev–Trinajstić information content (AvgIpc) is 2.93. The topological polar surface area (TPSA) is 50.9 Å². The maximum Gasteiger partial charge on any atom is 0.0802 e. The Labute approximate surface area is 116 Å². The second-order valence-electron chi connectivity index (χ2n) is 4.52. The van der Waals surface area contributed by atoms with Gasteiger partial charge in [0, 0.05) is 16.0 Å². The summed E-state index contributed by atoms with van der Waals surface area (Å²) < 4.78 is 0. The number of nitrogens with zero attached hydrogens (tertiary/aromatic N) is 1. The number of hydrazine groups is 1. The number of rotatable bonds is 3. The molecular formula is C15H15N3S. The van der Waals surface area contributed by atoms with Crippen LogP contribution in [0.25, 0.3) is 10.9 Å². The van der Waals surface area contributed by atoms with Crippen LogP contribution in [-0.2, 0) is 0 Å². The summed E-state index contributed by atoms with van der Waals surface area (Å²) in [7, 11) is 0. The Morgan fingerprint density at radius 2 is 2.11 bits per heavy atom. The molecule has 0 aliphatic carbocycles. The number of fused-ring (bicyclic) bond motifs is 1. The molecule has 1 atom stereocenters. The quantitative estimate of drug-likeness (QED) is 0.567. The molecule has 3 aromatic rings. The van der Waals surface area contributed by atoms with Gasteiger partial charge in [0.05, 0.1) is 11.6 Å². The second-order valence-corrected chi connectivity index (χ2v) is 5.50. The fraction of sp³-hybridized carbons (Fsp3) is 0.133. The van der Waals surface area contributed by atoms with Gasteiger partial charge >= 0.3 is 0 Å². The van der Waals surface area contributed by atoms with E-state index in [-0.39, 0.29) is 6.04 Å². The van der Waals surface area contributed by atoms with E-state index < -0.39 is 0 Å². The summed E-state index contributed by atoms with van der Waals surface area (Å²) in [5.74, 6) is 5.71. The molecule has 3 nitrogen and oxygen atoms in total. The highest BCUT2D eigenvalue weighted by Crippen LogP contribution is 2.27. The molecule has 1 unspecified atom stereocenters. The summed E-state index contributed by atoms with van der Waals surface area (Å²) in [5, 5.41) is 3.20. The van der Waals surface area contributed by atoms with Crippen molar-refractivity contribution in [2.24, 2.45) is 5.84 Å². The SMILES string of the molecule is Cc1ccc2cc(C(NN)c3cccs3)ccc2n1. The van der Waals surface area contributed by atoms with E-state index in [0.29, 0.717) is 0 Å². The van der Waals surface area contributed by atoms with Crippen molar-refractivity contribution >= 4 is 22.2 Å². The van der Waals surface area contributed by atoms with Crippen molar-refractivity contribution in [1.29, 1.82) is 0 Å². The average molecular weight is 269 g/mol. The van der Waals surface area contributed by atoms with Crippen molar-refractivity contribution in [2.75, 3.05) is 0 Å². The monoisotopic (exact) mass is 269 g/mol. The van der Waals surface area contributed by atoms with E-state index in [1.54, 1.807) is 11.3 Å². The maximum absolute atomic E-state index is 5.71. The lowest BCUT2D eigenvalue weighted by Crippen LogP contribution is -2.28. The predicted octanol–water partition coefficient (Wildman–Crippen LogP) is 3.16. The Bertz CT molecular complexity index is 692. The van der Waals surface area contributed by atoms with Crippen LogP contribution in [0.5, 0.6) is 0 Å². The molecule has 2 aromatic heterocycles. The number of pyridine rings is 1. The zero-order valence-corrected chi connectivity index (χ0v) is 11.4. The van der Waals surface area contributed by atoms with Gasteiger partial charge < -0.3 is 0 Å². The smallest absolute Gasteiger partial charge is 0.0802 e. The van der Waals surface area contributed by atoms with Gasteiger partial charge in [0.25, 0.3) is 0 Å². The van der Waals surface area contributed by atoms with E-state index in [1.807, 2.05) is 19.1 Å². The Balaban J connectivity index is 2.07.